The second-order valence-corrected chi connectivity index (χ2v) is 6.77. The van der Waals surface area contributed by atoms with Gasteiger partial charge in [-0.05, 0) is 37.5 Å². The number of hydrogen-bond donors (Lipinski definition) is 0. The van der Waals surface area contributed by atoms with Gasteiger partial charge in [-0.3, -0.25) is 9.69 Å². The van der Waals surface area contributed by atoms with Crippen molar-refractivity contribution in [2.24, 2.45) is 5.92 Å². The summed E-state index contributed by atoms with van der Waals surface area (Å²) in [5, 5.41) is 0.224. The van der Waals surface area contributed by atoms with Crippen LogP contribution in [0.1, 0.15) is 18.9 Å². The van der Waals surface area contributed by atoms with E-state index in [1.165, 1.54) is 0 Å². The minimum atomic E-state index is -0.958. The quantitative estimate of drug-likeness (QED) is 0.576. The molecule has 0 aliphatic carbocycles. The SMILES string of the molecule is C=CCC(C(=O)N1C(=S)OC[C@@H]1Cc1ccccc1)C1(C)OCCO1. The van der Waals surface area contributed by atoms with E-state index in [0.29, 0.717) is 32.7 Å². The van der Waals surface area contributed by atoms with Gasteiger partial charge in [-0.1, -0.05) is 36.4 Å². The highest BCUT2D eigenvalue weighted by Gasteiger charge is 2.48. The molecule has 1 aromatic carbocycles. The van der Waals surface area contributed by atoms with Crippen molar-refractivity contribution in [3.8, 4) is 0 Å². The molecule has 1 amide bonds. The lowest BCUT2D eigenvalue weighted by Gasteiger charge is -2.34. The van der Waals surface area contributed by atoms with Crippen molar-refractivity contribution in [2.75, 3.05) is 19.8 Å². The Hall–Kier alpha value is -1.76. The normalized spacial score (nSPS) is 23.3. The van der Waals surface area contributed by atoms with E-state index in [4.69, 9.17) is 26.4 Å². The zero-order chi connectivity index (χ0) is 17.9. The number of rotatable bonds is 6. The lowest BCUT2D eigenvalue weighted by atomic mass is 9.93. The molecule has 1 aromatic rings. The van der Waals surface area contributed by atoms with E-state index in [9.17, 15) is 4.79 Å². The Morgan fingerprint density at radius 3 is 2.72 bits per heavy atom. The molecular formula is C19H23NO4S. The summed E-state index contributed by atoms with van der Waals surface area (Å²) in [5.74, 6) is -1.60. The van der Waals surface area contributed by atoms with Crippen LogP contribution < -0.4 is 0 Å². The second kappa shape index (κ2) is 7.64. The molecule has 2 saturated heterocycles. The van der Waals surface area contributed by atoms with Crippen LogP contribution >= 0.6 is 12.2 Å². The van der Waals surface area contributed by atoms with Gasteiger partial charge in [0.25, 0.3) is 5.17 Å². The van der Waals surface area contributed by atoms with E-state index < -0.39 is 11.7 Å². The first kappa shape index (κ1) is 18.0. The van der Waals surface area contributed by atoms with Crippen molar-refractivity contribution < 1.29 is 19.0 Å². The highest BCUT2D eigenvalue weighted by atomic mass is 32.1. The molecule has 2 heterocycles. The van der Waals surface area contributed by atoms with Crippen LogP contribution in [0.5, 0.6) is 0 Å². The third-order valence-corrected chi connectivity index (χ3v) is 5.02. The van der Waals surface area contributed by atoms with Gasteiger partial charge in [0.2, 0.25) is 5.91 Å². The van der Waals surface area contributed by atoms with Crippen LogP contribution in [0.15, 0.2) is 43.0 Å². The minimum Gasteiger partial charge on any atom is -0.468 e. The Morgan fingerprint density at radius 1 is 1.40 bits per heavy atom. The first-order valence-corrected chi connectivity index (χ1v) is 8.88. The Kier molecular flexibility index (Phi) is 5.51. The van der Waals surface area contributed by atoms with Crippen molar-refractivity contribution in [1.82, 2.24) is 4.90 Å². The largest absolute Gasteiger partial charge is 0.468 e. The van der Waals surface area contributed by atoms with Gasteiger partial charge in [0.1, 0.15) is 6.61 Å². The highest BCUT2D eigenvalue weighted by Crippen LogP contribution is 2.34. The standard InChI is InChI=1S/C19H23NO4S/c1-3-7-16(19(2)23-10-11-24-19)17(21)20-15(13-22-18(20)25)12-14-8-5-4-6-9-14/h3-6,8-9,15-16H,1,7,10-13H2,2H3/t15-,16?/m0/s1. The van der Waals surface area contributed by atoms with Gasteiger partial charge in [-0.15, -0.1) is 6.58 Å². The predicted molar refractivity (Wildman–Crippen MR) is 97.9 cm³/mol. The number of ether oxygens (including phenoxy) is 3. The van der Waals surface area contributed by atoms with Crippen molar-refractivity contribution in [1.29, 1.82) is 0 Å². The summed E-state index contributed by atoms with van der Waals surface area (Å²) in [5.41, 5.74) is 1.14. The first-order chi connectivity index (χ1) is 12.0. The van der Waals surface area contributed by atoms with Crippen molar-refractivity contribution >= 4 is 23.3 Å². The molecule has 134 valence electrons. The molecule has 0 saturated carbocycles. The molecule has 0 aromatic heterocycles. The van der Waals surface area contributed by atoms with Gasteiger partial charge in [0.15, 0.2) is 5.79 Å². The molecule has 0 spiro atoms. The topological polar surface area (TPSA) is 48.0 Å². The number of carbonyl (C=O) groups is 1. The van der Waals surface area contributed by atoms with Crippen molar-refractivity contribution in [2.45, 2.75) is 31.6 Å². The molecule has 0 N–H and O–H groups in total. The second-order valence-electron chi connectivity index (χ2n) is 6.42. The van der Waals surface area contributed by atoms with Crippen LogP contribution in [0.3, 0.4) is 0 Å². The molecule has 2 fully saturated rings. The van der Waals surface area contributed by atoms with E-state index in [2.05, 4.69) is 6.58 Å². The highest BCUT2D eigenvalue weighted by molar-refractivity contribution is 7.80. The maximum Gasteiger partial charge on any atom is 0.266 e. The fraction of sp³-hybridized carbons (Fsp3) is 0.474. The summed E-state index contributed by atoms with van der Waals surface area (Å²) in [6.07, 6.45) is 2.85. The number of hydrogen-bond acceptors (Lipinski definition) is 5. The van der Waals surface area contributed by atoms with Crippen LogP contribution in [0, 0.1) is 5.92 Å². The van der Waals surface area contributed by atoms with Gasteiger partial charge in [0, 0.05) is 0 Å². The Bertz CT molecular complexity index is 642. The Balaban J connectivity index is 1.81. The number of thiocarbonyl (C=S) groups is 1. The summed E-state index contributed by atoms with van der Waals surface area (Å²) in [7, 11) is 0. The van der Waals surface area contributed by atoms with E-state index in [1.807, 2.05) is 30.3 Å². The smallest absolute Gasteiger partial charge is 0.266 e. The number of amides is 1. The van der Waals surface area contributed by atoms with Crippen LogP contribution in [-0.4, -0.2) is 47.6 Å². The van der Waals surface area contributed by atoms with Crippen LogP contribution in [0.2, 0.25) is 0 Å². The molecular weight excluding hydrogens is 338 g/mol. The number of nitrogens with zero attached hydrogens (tertiary/aromatic N) is 1. The summed E-state index contributed by atoms with van der Waals surface area (Å²) >= 11 is 5.30. The molecule has 2 aliphatic rings. The minimum absolute atomic E-state index is 0.125. The van der Waals surface area contributed by atoms with Gasteiger partial charge in [-0.25, -0.2) is 0 Å². The monoisotopic (exact) mass is 361 g/mol. The fourth-order valence-corrected chi connectivity index (χ4v) is 3.68. The molecule has 5 nitrogen and oxygen atoms in total. The van der Waals surface area contributed by atoms with Crippen LogP contribution in [0.4, 0.5) is 0 Å². The Labute approximate surface area is 153 Å². The zero-order valence-corrected chi connectivity index (χ0v) is 15.2. The van der Waals surface area contributed by atoms with Crippen molar-refractivity contribution in [3.63, 3.8) is 0 Å². The summed E-state index contributed by atoms with van der Waals surface area (Å²) in [6.45, 7) is 6.93. The lowest BCUT2D eigenvalue weighted by Crippen LogP contribution is -2.50. The van der Waals surface area contributed by atoms with Crippen molar-refractivity contribution in [3.05, 3.63) is 48.6 Å². The molecule has 0 radical (unpaired) electrons. The third-order valence-electron chi connectivity index (χ3n) is 4.71. The number of allylic oxidation sites excluding steroid dienone is 1. The average molecular weight is 361 g/mol. The molecule has 6 heteroatoms. The maximum atomic E-state index is 13.3. The fourth-order valence-electron chi connectivity index (χ4n) is 3.37. The van der Waals surface area contributed by atoms with Gasteiger partial charge >= 0.3 is 0 Å². The predicted octanol–water partition coefficient (Wildman–Crippen LogP) is 2.70. The average Bonchev–Trinajstić information content (AvgIpc) is 3.20. The Morgan fingerprint density at radius 2 is 2.08 bits per heavy atom. The van der Waals surface area contributed by atoms with Gasteiger partial charge in [0.05, 0.1) is 25.2 Å². The molecule has 0 bridgehead atoms. The molecule has 1 unspecified atom stereocenters. The molecule has 2 atom stereocenters. The van der Waals surface area contributed by atoms with E-state index >= 15 is 0 Å². The van der Waals surface area contributed by atoms with Gasteiger partial charge < -0.3 is 14.2 Å². The summed E-state index contributed by atoms with van der Waals surface area (Å²) in [6, 6.07) is 9.89. The molecule has 25 heavy (non-hydrogen) atoms. The van der Waals surface area contributed by atoms with E-state index in [-0.39, 0.29) is 17.1 Å². The molecule has 3 rings (SSSR count). The first-order valence-electron chi connectivity index (χ1n) is 8.47. The van der Waals surface area contributed by atoms with Crippen LogP contribution in [-0.2, 0) is 25.4 Å². The van der Waals surface area contributed by atoms with E-state index in [1.54, 1.807) is 17.9 Å². The third kappa shape index (κ3) is 3.76. The van der Waals surface area contributed by atoms with Gasteiger partial charge in [-0.2, -0.15) is 0 Å². The molecule has 2 aliphatic heterocycles. The summed E-state index contributed by atoms with van der Waals surface area (Å²) < 4.78 is 17.0. The van der Waals surface area contributed by atoms with Crippen LogP contribution in [0.25, 0.3) is 0 Å². The lowest BCUT2D eigenvalue weighted by molar-refractivity contribution is -0.190. The van der Waals surface area contributed by atoms with E-state index in [0.717, 1.165) is 5.56 Å². The maximum absolute atomic E-state index is 13.3. The number of benzene rings is 1. The zero-order valence-electron chi connectivity index (χ0n) is 14.3. The summed E-state index contributed by atoms with van der Waals surface area (Å²) in [4.78, 5) is 14.9. The number of carbonyl (C=O) groups excluding carboxylic acids is 1.